The lowest BCUT2D eigenvalue weighted by Gasteiger charge is -2.05. The maximum atomic E-state index is 11.0. The lowest BCUT2D eigenvalue weighted by Crippen LogP contribution is -2.12. The number of benzene rings is 1. The Balaban J connectivity index is 2.96. The van der Waals surface area contributed by atoms with Gasteiger partial charge in [0.15, 0.2) is 0 Å². The predicted octanol–water partition coefficient (Wildman–Crippen LogP) is 1.27. The average Bonchev–Trinajstić information content (AvgIpc) is 2.14. The van der Waals surface area contributed by atoms with Gasteiger partial charge in [-0.1, -0.05) is 6.07 Å². The van der Waals surface area contributed by atoms with Gasteiger partial charge in [0.2, 0.25) is 5.91 Å². The first-order chi connectivity index (χ1) is 7.00. The van der Waals surface area contributed by atoms with Crippen molar-refractivity contribution in [2.24, 2.45) is 5.73 Å². The van der Waals surface area contributed by atoms with E-state index in [1.165, 1.54) is 0 Å². The van der Waals surface area contributed by atoms with Crippen LogP contribution < -0.4 is 5.73 Å². The highest BCUT2D eigenvalue weighted by molar-refractivity contribution is 8.00. The fourth-order valence-electron chi connectivity index (χ4n) is 1.09. The Morgan fingerprint density at radius 2 is 2.13 bits per heavy atom. The van der Waals surface area contributed by atoms with Crippen molar-refractivity contribution < 1.29 is 14.7 Å². The molecule has 0 atom stereocenters. The van der Waals surface area contributed by atoms with E-state index in [0.29, 0.717) is 10.5 Å². The maximum Gasteiger partial charge on any atom is 0.313 e. The summed E-state index contributed by atoms with van der Waals surface area (Å²) in [6.07, 6.45) is 0. The van der Waals surface area contributed by atoms with Gasteiger partial charge in [-0.05, 0) is 24.6 Å². The summed E-state index contributed by atoms with van der Waals surface area (Å²) >= 11 is 1.10. The van der Waals surface area contributed by atoms with Crippen molar-refractivity contribution in [2.75, 3.05) is 5.75 Å². The third-order valence-electron chi connectivity index (χ3n) is 1.75. The third-order valence-corrected chi connectivity index (χ3v) is 2.79. The molecule has 1 rings (SSSR count). The second kappa shape index (κ2) is 4.84. The van der Waals surface area contributed by atoms with Crippen LogP contribution in [-0.4, -0.2) is 22.7 Å². The van der Waals surface area contributed by atoms with Gasteiger partial charge in [0.05, 0.1) is 11.3 Å². The summed E-state index contributed by atoms with van der Waals surface area (Å²) in [5.41, 5.74) is 6.50. The molecule has 0 spiro atoms. The molecule has 0 radical (unpaired) electrons. The van der Waals surface area contributed by atoms with Crippen molar-refractivity contribution in [3.05, 3.63) is 29.3 Å². The standard InChI is InChI=1S/C10H11NO3S/c1-6-2-3-7(10(11)14)8(4-6)15-5-9(12)13/h2-4H,5H2,1H3,(H2,11,14)(H,12,13). The Morgan fingerprint density at radius 1 is 1.47 bits per heavy atom. The van der Waals surface area contributed by atoms with Crippen LogP contribution in [0.3, 0.4) is 0 Å². The Bertz CT molecular complexity index is 404. The van der Waals surface area contributed by atoms with Crippen LogP contribution in [0.5, 0.6) is 0 Å². The molecule has 0 bridgehead atoms. The van der Waals surface area contributed by atoms with Gasteiger partial charge in [-0.15, -0.1) is 11.8 Å². The van der Waals surface area contributed by atoms with Crippen LogP contribution in [0, 0.1) is 6.92 Å². The maximum absolute atomic E-state index is 11.0. The van der Waals surface area contributed by atoms with E-state index in [9.17, 15) is 9.59 Å². The lowest BCUT2D eigenvalue weighted by atomic mass is 10.1. The number of aryl methyl sites for hydroxylation is 1. The minimum absolute atomic E-state index is 0.0796. The molecule has 4 nitrogen and oxygen atoms in total. The molecular weight excluding hydrogens is 214 g/mol. The normalized spacial score (nSPS) is 9.93. The predicted molar refractivity (Wildman–Crippen MR) is 58.1 cm³/mol. The average molecular weight is 225 g/mol. The zero-order valence-electron chi connectivity index (χ0n) is 8.19. The SMILES string of the molecule is Cc1ccc(C(N)=O)c(SCC(=O)O)c1. The quantitative estimate of drug-likeness (QED) is 0.756. The molecule has 0 heterocycles. The monoisotopic (exact) mass is 225 g/mol. The molecule has 0 aliphatic carbocycles. The van der Waals surface area contributed by atoms with E-state index in [2.05, 4.69) is 0 Å². The summed E-state index contributed by atoms with van der Waals surface area (Å²) in [6.45, 7) is 1.87. The number of carboxylic acid groups (broad SMARTS) is 1. The fourth-order valence-corrected chi connectivity index (χ4v) is 1.96. The van der Waals surface area contributed by atoms with Gasteiger partial charge in [0, 0.05) is 4.90 Å². The van der Waals surface area contributed by atoms with Gasteiger partial charge in [-0.2, -0.15) is 0 Å². The van der Waals surface area contributed by atoms with Crippen molar-refractivity contribution in [3.8, 4) is 0 Å². The van der Waals surface area contributed by atoms with Crippen LogP contribution >= 0.6 is 11.8 Å². The molecule has 15 heavy (non-hydrogen) atoms. The summed E-state index contributed by atoms with van der Waals surface area (Å²) in [5.74, 6) is -1.54. The first-order valence-electron chi connectivity index (χ1n) is 4.25. The highest BCUT2D eigenvalue weighted by atomic mass is 32.2. The summed E-state index contributed by atoms with van der Waals surface area (Å²) in [4.78, 5) is 22.1. The third kappa shape index (κ3) is 3.28. The highest BCUT2D eigenvalue weighted by Crippen LogP contribution is 2.23. The van der Waals surface area contributed by atoms with E-state index in [4.69, 9.17) is 10.8 Å². The number of carboxylic acids is 1. The molecule has 1 aromatic rings. The Labute approximate surface area is 91.5 Å². The van der Waals surface area contributed by atoms with Gasteiger partial charge in [-0.25, -0.2) is 0 Å². The zero-order valence-corrected chi connectivity index (χ0v) is 9.00. The summed E-state index contributed by atoms with van der Waals surface area (Å²) in [6, 6.07) is 5.14. The smallest absolute Gasteiger partial charge is 0.313 e. The molecule has 80 valence electrons. The number of hydrogen-bond acceptors (Lipinski definition) is 3. The highest BCUT2D eigenvalue weighted by Gasteiger charge is 2.10. The van der Waals surface area contributed by atoms with Gasteiger partial charge in [-0.3, -0.25) is 9.59 Å². The number of rotatable bonds is 4. The largest absolute Gasteiger partial charge is 0.481 e. The van der Waals surface area contributed by atoms with E-state index >= 15 is 0 Å². The zero-order chi connectivity index (χ0) is 11.4. The number of amides is 1. The number of hydrogen-bond donors (Lipinski definition) is 2. The number of primary amides is 1. The van der Waals surface area contributed by atoms with Crippen LogP contribution in [0.4, 0.5) is 0 Å². The van der Waals surface area contributed by atoms with Crippen molar-refractivity contribution in [3.63, 3.8) is 0 Å². The first kappa shape index (κ1) is 11.6. The van der Waals surface area contributed by atoms with Crippen molar-refractivity contribution in [1.29, 1.82) is 0 Å². The summed E-state index contributed by atoms with van der Waals surface area (Å²) in [7, 11) is 0. The second-order valence-corrected chi connectivity index (χ2v) is 4.06. The molecular formula is C10H11NO3S. The number of aliphatic carboxylic acids is 1. The lowest BCUT2D eigenvalue weighted by molar-refractivity contribution is -0.133. The van der Waals surface area contributed by atoms with Crippen molar-refractivity contribution in [1.82, 2.24) is 0 Å². The van der Waals surface area contributed by atoms with Crippen LogP contribution in [-0.2, 0) is 4.79 Å². The van der Waals surface area contributed by atoms with Gasteiger partial charge in [0.25, 0.3) is 0 Å². The molecule has 1 amide bonds. The molecule has 3 N–H and O–H groups in total. The minimum atomic E-state index is -0.920. The number of carbonyl (C=O) groups is 2. The minimum Gasteiger partial charge on any atom is -0.481 e. The van der Waals surface area contributed by atoms with Crippen molar-refractivity contribution >= 4 is 23.6 Å². The van der Waals surface area contributed by atoms with E-state index in [0.717, 1.165) is 17.3 Å². The topological polar surface area (TPSA) is 80.4 Å². The van der Waals surface area contributed by atoms with Gasteiger partial charge < -0.3 is 10.8 Å². The Kier molecular flexibility index (Phi) is 3.74. The van der Waals surface area contributed by atoms with E-state index in [1.807, 2.05) is 6.92 Å². The number of nitrogens with two attached hydrogens (primary N) is 1. The van der Waals surface area contributed by atoms with E-state index < -0.39 is 11.9 Å². The second-order valence-electron chi connectivity index (χ2n) is 3.05. The molecule has 0 aliphatic rings. The first-order valence-corrected chi connectivity index (χ1v) is 5.24. The molecule has 1 aromatic carbocycles. The number of carbonyl (C=O) groups excluding carboxylic acids is 1. The summed E-state index contributed by atoms with van der Waals surface area (Å²) in [5, 5.41) is 8.54. The van der Waals surface area contributed by atoms with E-state index in [1.54, 1.807) is 18.2 Å². The molecule has 0 unspecified atom stereocenters. The molecule has 0 aromatic heterocycles. The molecule has 0 saturated carbocycles. The van der Waals surface area contributed by atoms with E-state index in [-0.39, 0.29) is 5.75 Å². The van der Waals surface area contributed by atoms with Gasteiger partial charge >= 0.3 is 5.97 Å². The molecule has 0 fully saturated rings. The van der Waals surface area contributed by atoms with Crippen LogP contribution in [0.1, 0.15) is 15.9 Å². The van der Waals surface area contributed by atoms with Gasteiger partial charge in [0.1, 0.15) is 0 Å². The summed E-state index contributed by atoms with van der Waals surface area (Å²) < 4.78 is 0. The van der Waals surface area contributed by atoms with Crippen LogP contribution in [0.2, 0.25) is 0 Å². The molecule has 0 aliphatic heterocycles. The molecule has 0 saturated heterocycles. The fraction of sp³-hybridized carbons (Fsp3) is 0.200. The Hall–Kier alpha value is -1.49. The van der Waals surface area contributed by atoms with Crippen LogP contribution in [0.15, 0.2) is 23.1 Å². The molecule has 5 heteroatoms. The number of thioether (sulfide) groups is 1. The van der Waals surface area contributed by atoms with Crippen molar-refractivity contribution in [2.45, 2.75) is 11.8 Å². The van der Waals surface area contributed by atoms with Crippen LogP contribution in [0.25, 0.3) is 0 Å². The Morgan fingerprint density at radius 3 is 2.67 bits per heavy atom.